The molecule has 2 heterocycles. The molecule has 0 atom stereocenters. The molecule has 0 aliphatic heterocycles. The molecule has 0 aliphatic rings. The quantitative estimate of drug-likeness (QED) is 0.860. The maximum atomic E-state index is 13.2. The van der Waals surface area contributed by atoms with Gasteiger partial charge in [-0.15, -0.1) is 0 Å². The van der Waals surface area contributed by atoms with Crippen LogP contribution in [0.15, 0.2) is 30.6 Å². The van der Waals surface area contributed by atoms with E-state index in [0.717, 1.165) is 11.9 Å². The Morgan fingerprint density at radius 2 is 2.18 bits per heavy atom. The molecule has 0 saturated heterocycles. The van der Waals surface area contributed by atoms with E-state index in [1.807, 2.05) is 18.2 Å². The van der Waals surface area contributed by atoms with Crippen LogP contribution in [0.1, 0.15) is 5.69 Å². The first-order valence-electron chi connectivity index (χ1n) is 5.06. The van der Waals surface area contributed by atoms with Crippen molar-refractivity contribution >= 4 is 5.95 Å². The first-order valence-corrected chi connectivity index (χ1v) is 5.06. The van der Waals surface area contributed by atoms with Gasteiger partial charge in [0.25, 0.3) is 5.88 Å². The molecule has 0 aromatic carbocycles. The molecule has 6 heteroatoms. The van der Waals surface area contributed by atoms with Crippen LogP contribution in [0.5, 0.6) is 5.88 Å². The third-order valence-corrected chi connectivity index (χ3v) is 2.05. The lowest BCUT2D eigenvalue weighted by atomic mass is 10.3. The smallest absolute Gasteiger partial charge is 0.255 e. The number of pyridine rings is 1. The van der Waals surface area contributed by atoms with Crippen molar-refractivity contribution in [2.45, 2.75) is 6.42 Å². The fourth-order valence-electron chi connectivity index (χ4n) is 1.26. The van der Waals surface area contributed by atoms with Crippen LogP contribution < -0.4 is 10.5 Å². The van der Waals surface area contributed by atoms with Crippen molar-refractivity contribution in [1.82, 2.24) is 15.0 Å². The van der Waals surface area contributed by atoms with Gasteiger partial charge in [0.15, 0.2) is 0 Å². The van der Waals surface area contributed by atoms with Crippen molar-refractivity contribution in [2.75, 3.05) is 12.3 Å². The highest BCUT2D eigenvalue weighted by Gasteiger charge is 2.06. The zero-order valence-corrected chi connectivity index (χ0v) is 9.01. The SMILES string of the molecule is Nc1ncc(F)c(OCCc2ccccn2)n1. The van der Waals surface area contributed by atoms with E-state index >= 15 is 0 Å². The highest BCUT2D eigenvalue weighted by Crippen LogP contribution is 2.13. The van der Waals surface area contributed by atoms with Gasteiger partial charge in [0.2, 0.25) is 11.8 Å². The van der Waals surface area contributed by atoms with Gasteiger partial charge in [-0.2, -0.15) is 9.37 Å². The lowest BCUT2D eigenvalue weighted by Crippen LogP contribution is -2.07. The average molecular weight is 234 g/mol. The molecule has 2 aromatic heterocycles. The summed E-state index contributed by atoms with van der Waals surface area (Å²) in [4.78, 5) is 11.3. The monoisotopic (exact) mass is 234 g/mol. The molecule has 0 amide bonds. The van der Waals surface area contributed by atoms with Gasteiger partial charge in [-0.25, -0.2) is 4.98 Å². The minimum atomic E-state index is -0.625. The fourth-order valence-corrected chi connectivity index (χ4v) is 1.26. The van der Waals surface area contributed by atoms with Crippen LogP contribution in [0.25, 0.3) is 0 Å². The van der Waals surface area contributed by atoms with Crippen molar-refractivity contribution in [3.63, 3.8) is 0 Å². The van der Waals surface area contributed by atoms with Crippen LogP contribution in [0, 0.1) is 5.82 Å². The molecule has 0 bridgehead atoms. The Balaban J connectivity index is 1.92. The highest BCUT2D eigenvalue weighted by atomic mass is 19.1. The maximum Gasteiger partial charge on any atom is 0.255 e. The Bertz CT molecular complexity index is 492. The van der Waals surface area contributed by atoms with E-state index in [1.54, 1.807) is 6.20 Å². The van der Waals surface area contributed by atoms with Crippen LogP contribution in [-0.4, -0.2) is 21.6 Å². The summed E-state index contributed by atoms with van der Waals surface area (Å²) in [5.41, 5.74) is 6.20. The van der Waals surface area contributed by atoms with Crippen molar-refractivity contribution < 1.29 is 9.13 Å². The summed E-state index contributed by atoms with van der Waals surface area (Å²) < 4.78 is 18.3. The number of hydrogen-bond donors (Lipinski definition) is 1. The summed E-state index contributed by atoms with van der Waals surface area (Å²) in [7, 11) is 0. The number of ether oxygens (including phenoxy) is 1. The maximum absolute atomic E-state index is 13.2. The summed E-state index contributed by atoms with van der Waals surface area (Å²) >= 11 is 0. The summed E-state index contributed by atoms with van der Waals surface area (Å²) in [6.45, 7) is 0.282. The molecular weight excluding hydrogens is 223 g/mol. The second-order valence-corrected chi connectivity index (χ2v) is 3.30. The van der Waals surface area contributed by atoms with Gasteiger partial charge in [-0.1, -0.05) is 6.07 Å². The number of aromatic nitrogens is 3. The minimum Gasteiger partial charge on any atom is -0.475 e. The minimum absolute atomic E-state index is 0.0146. The fraction of sp³-hybridized carbons (Fsp3) is 0.182. The zero-order chi connectivity index (χ0) is 12.1. The molecule has 0 unspecified atom stereocenters. The van der Waals surface area contributed by atoms with Gasteiger partial charge in [0, 0.05) is 18.3 Å². The molecule has 0 spiro atoms. The Morgan fingerprint density at radius 1 is 1.29 bits per heavy atom. The molecule has 2 rings (SSSR count). The van der Waals surface area contributed by atoms with Gasteiger partial charge >= 0.3 is 0 Å². The topological polar surface area (TPSA) is 73.9 Å². The first-order chi connectivity index (χ1) is 8.25. The van der Waals surface area contributed by atoms with Gasteiger partial charge in [0.1, 0.15) is 0 Å². The van der Waals surface area contributed by atoms with Crippen LogP contribution in [0.3, 0.4) is 0 Å². The van der Waals surface area contributed by atoms with E-state index in [9.17, 15) is 4.39 Å². The number of nitrogens with two attached hydrogens (primary N) is 1. The van der Waals surface area contributed by atoms with Crippen LogP contribution >= 0.6 is 0 Å². The molecule has 5 nitrogen and oxygen atoms in total. The third-order valence-electron chi connectivity index (χ3n) is 2.05. The Hall–Kier alpha value is -2.24. The van der Waals surface area contributed by atoms with Crippen LogP contribution in [0.4, 0.5) is 10.3 Å². The number of anilines is 1. The molecular formula is C11H11FN4O. The van der Waals surface area contributed by atoms with Crippen LogP contribution in [0.2, 0.25) is 0 Å². The standard InChI is InChI=1S/C11H11FN4O/c12-9-7-15-11(13)16-10(9)17-6-4-8-3-1-2-5-14-8/h1-3,5,7H,4,6H2,(H2,13,15,16). The van der Waals surface area contributed by atoms with E-state index < -0.39 is 5.82 Å². The molecule has 2 aromatic rings. The molecule has 0 saturated carbocycles. The average Bonchev–Trinajstić information content (AvgIpc) is 2.35. The van der Waals surface area contributed by atoms with Crippen molar-refractivity contribution in [2.24, 2.45) is 0 Å². The molecule has 88 valence electrons. The summed E-state index contributed by atoms with van der Waals surface area (Å²) in [5, 5.41) is 0. The zero-order valence-electron chi connectivity index (χ0n) is 9.01. The predicted octanol–water partition coefficient (Wildman–Crippen LogP) is 1.21. The largest absolute Gasteiger partial charge is 0.475 e. The first kappa shape index (κ1) is 11.3. The van der Waals surface area contributed by atoms with E-state index in [4.69, 9.17) is 10.5 Å². The molecule has 2 N–H and O–H groups in total. The number of nitrogens with zero attached hydrogens (tertiary/aromatic N) is 3. The summed E-state index contributed by atoms with van der Waals surface area (Å²) in [5.74, 6) is -0.770. The Labute approximate surface area is 97.5 Å². The van der Waals surface area contributed by atoms with Crippen molar-refractivity contribution in [1.29, 1.82) is 0 Å². The second kappa shape index (κ2) is 5.20. The number of hydrogen-bond acceptors (Lipinski definition) is 5. The number of nitrogen functional groups attached to an aromatic ring is 1. The van der Waals surface area contributed by atoms with Crippen molar-refractivity contribution in [3.8, 4) is 5.88 Å². The number of rotatable bonds is 4. The lowest BCUT2D eigenvalue weighted by Gasteiger charge is -2.05. The van der Waals surface area contributed by atoms with Gasteiger partial charge < -0.3 is 10.5 Å². The predicted molar refractivity (Wildman–Crippen MR) is 59.8 cm³/mol. The van der Waals surface area contributed by atoms with E-state index in [1.165, 1.54) is 0 Å². The third kappa shape index (κ3) is 3.10. The molecule has 0 radical (unpaired) electrons. The lowest BCUT2D eigenvalue weighted by molar-refractivity contribution is 0.290. The highest BCUT2D eigenvalue weighted by molar-refractivity contribution is 5.22. The molecule has 0 fully saturated rings. The van der Waals surface area contributed by atoms with E-state index in [-0.39, 0.29) is 18.4 Å². The van der Waals surface area contributed by atoms with Crippen LogP contribution in [-0.2, 0) is 6.42 Å². The number of halogens is 1. The van der Waals surface area contributed by atoms with Gasteiger partial charge in [-0.05, 0) is 12.1 Å². The van der Waals surface area contributed by atoms with E-state index in [2.05, 4.69) is 15.0 Å². The molecule has 17 heavy (non-hydrogen) atoms. The second-order valence-electron chi connectivity index (χ2n) is 3.30. The van der Waals surface area contributed by atoms with Gasteiger partial charge in [0.05, 0.1) is 12.8 Å². The normalized spacial score (nSPS) is 10.2. The summed E-state index contributed by atoms with van der Waals surface area (Å²) in [6.07, 6.45) is 3.25. The Kier molecular flexibility index (Phi) is 3.44. The summed E-state index contributed by atoms with van der Waals surface area (Å²) in [6, 6.07) is 5.58. The van der Waals surface area contributed by atoms with Crippen molar-refractivity contribution in [3.05, 3.63) is 42.1 Å². The van der Waals surface area contributed by atoms with Gasteiger partial charge in [-0.3, -0.25) is 4.98 Å². The Morgan fingerprint density at radius 3 is 2.94 bits per heavy atom. The molecule has 0 aliphatic carbocycles. The van der Waals surface area contributed by atoms with E-state index in [0.29, 0.717) is 6.42 Å².